The molecular weight excluding hydrogens is 336 g/mol. The second kappa shape index (κ2) is 9.00. The average Bonchev–Trinajstić information content (AvgIpc) is 2.70. The molecule has 0 bridgehead atoms. The Morgan fingerprint density at radius 1 is 1.07 bits per heavy atom. The van der Waals surface area contributed by atoms with E-state index in [1.54, 1.807) is 6.20 Å². The molecule has 1 aliphatic carbocycles. The molecule has 0 aliphatic heterocycles. The largest absolute Gasteiger partial charge is 0.366 e. The summed E-state index contributed by atoms with van der Waals surface area (Å²) in [4.78, 5) is 8.76. The molecule has 0 spiro atoms. The summed E-state index contributed by atoms with van der Waals surface area (Å²) >= 11 is 0. The van der Waals surface area contributed by atoms with Crippen LogP contribution in [0.1, 0.15) is 49.3 Å². The lowest BCUT2D eigenvalue weighted by molar-refractivity contribution is 0.361. The summed E-state index contributed by atoms with van der Waals surface area (Å²) in [5, 5.41) is 24.8. The molecule has 0 radical (unpaired) electrons. The fraction of sp³-hybridized carbons (Fsp3) is 0.429. The number of nitrogens with zero attached hydrogens (tertiary/aromatic N) is 4. The van der Waals surface area contributed by atoms with Crippen molar-refractivity contribution in [3.05, 3.63) is 47.2 Å². The van der Waals surface area contributed by atoms with Crippen molar-refractivity contribution in [1.82, 2.24) is 9.97 Å². The van der Waals surface area contributed by atoms with Gasteiger partial charge in [-0.25, -0.2) is 4.98 Å². The van der Waals surface area contributed by atoms with Gasteiger partial charge < -0.3 is 10.6 Å². The minimum absolute atomic E-state index is 0.370. The van der Waals surface area contributed by atoms with E-state index in [1.807, 2.05) is 24.3 Å². The number of nitriles is 2. The Morgan fingerprint density at radius 2 is 1.81 bits per heavy atom. The molecule has 6 nitrogen and oxygen atoms in total. The van der Waals surface area contributed by atoms with Crippen molar-refractivity contribution in [2.45, 2.75) is 45.1 Å². The normalized spacial score (nSPS) is 18.9. The van der Waals surface area contributed by atoms with Crippen LogP contribution in [0.25, 0.3) is 0 Å². The number of benzene rings is 1. The first kappa shape index (κ1) is 18.7. The fourth-order valence-corrected chi connectivity index (χ4v) is 3.32. The van der Waals surface area contributed by atoms with Gasteiger partial charge in [0.05, 0.1) is 17.8 Å². The van der Waals surface area contributed by atoms with E-state index in [4.69, 9.17) is 5.26 Å². The molecule has 0 atom stereocenters. The topological polar surface area (TPSA) is 97.4 Å². The summed E-state index contributed by atoms with van der Waals surface area (Å²) in [6.07, 6.45) is 7.01. The molecule has 1 saturated carbocycles. The Morgan fingerprint density at radius 3 is 2.48 bits per heavy atom. The monoisotopic (exact) mass is 360 g/mol. The van der Waals surface area contributed by atoms with Gasteiger partial charge in [0.2, 0.25) is 5.95 Å². The summed E-state index contributed by atoms with van der Waals surface area (Å²) in [5.41, 5.74) is 2.28. The van der Waals surface area contributed by atoms with Crippen LogP contribution < -0.4 is 10.6 Å². The lowest BCUT2D eigenvalue weighted by Crippen LogP contribution is -2.26. The van der Waals surface area contributed by atoms with E-state index in [9.17, 15) is 5.26 Å². The Balaban J connectivity index is 1.59. The highest BCUT2D eigenvalue weighted by Crippen LogP contribution is 2.26. The van der Waals surface area contributed by atoms with E-state index in [0.29, 0.717) is 35.5 Å². The number of rotatable bonds is 6. The van der Waals surface area contributed by atoms with E-state index in [2.05, 4.69) is 39.7 Å². The van der Waals surface area contributed by atoms with Crippen LogP contribution in [0.2, 0.25) is 0 Å². The van der Waals surface area contributed by atoms with Crippen molar-refractivity contribution < 1.29 is 0 Å². The summed E-state index contributed by atoms with van der Waals surface area (Å²) < 4.78 is 0. The van der Waals surface area contributed by atoms with Gasteiger partial charge in [-0.1, -0.05) is 19.1 Å². The van der Waals surface area contributed by atoms with Crippen molar-refractivity contribution in [1.29, 1.82) is 10.5 Å². The minimum atomic E-state index is 0.370. The molecule has 138 valence electrons. The summed E-state index contributed by atoms with van der Waals surface area (Å²) in [6, 6.07) is 12.2. The van der Waals surface area contributed by atoms with Crippen LogP contribution in [0.4, 0.5) is 11.8 Å². The van der Waals surface area contributed by atoms with Gasteiger partial charge >= 0.3 is 0 Å². The van der Waals surface area contributed by atoms with Crippen LogP contribution >= 0.6 is 0 Å². The number of anilines is 2. The summed E-state index contributed by atoms with van der Waals surface area (Å²) in [7, 11) is 0. The van der Waals surface area contributed by atoms with Gasteiger partial charge in [-0.2, -0.15) is 15.5 Å². The molecule has 2 aromatic rings. The highest BCUT2D eigenvalue weighted by molar-refractivity contribution is 5.54. The van der Waals surface area contributed by atoms with Crippen LogP contribution in [-0.4, -0.2) is 22.6 Å². The molecule has 27 heavy (non-hydrogen) atoms. The second-order valence-electron chi connectivity index (χ2n) is 7.15. The smallest absolute Gasteiger partial charge is 0.224 e. The molecule has 1 aromatic heterocycles. The van der Waals surface area contributed by atoms with Crippen molar-refractivity contribution in [2.24, 2.45) is 5.92 Å². The van der Waals surface area contributed by atoms with Crippen molar-refractivity contribution in [3.63, 3.8) is 0 Å². The second-order valence-corrected chi connectivity index (χ2v) is 7.15. The molecule has 3 rings (SSSR count). The highest BCUT2D eigenvalue weighted by Gasteiger charge is 2.19. The maximum Gasteiger partial charge on any atom is 0.224 e. The zero-order chi connectivity index (χ0) is 19.1. The predicted octanol–water partition coefficient (Wildman–Crippen LogP) is 3.87. The van der Waals surface area contributed by atoms with Crippen LogP contribution in [0.5, 0.6) is 0 Å². The fourth-order valence-electron chi connectivity index (χ4n) is 3.32. The van der Waals surface area contributed by atoms with E-state index in [0.717, 1.165) is 30.7 Å². The van der Waals surface area contributed by atoms with Gasteiger partial charge in [0, 0.05) is 12.6 Å². The van der Waals surface area contributed by atoms with Crippen LogP contribution in [0, 0.1) is 28.6 Å². The molecule has 2 N–H and O–H groups in total. The lowest BCUT2D eigenvalue weighted by Gasteiger charge is -2.27. The Bertz CT molecular complexity index is 838. The maximum atomic E-state index is 9.34. The van der Waals surface area contributed by atoms with Gasteiger partial charge in [0.25, 0.3) is 0 Å². The van der Waals surface area contributed by atoms with Crippen molar-refractivity contribution >= 4 is 11.8 Å². The zero-order valence-corrected chi connectivity index (χ0v) is 15.6. The first-order chi connectivity index (χ1) is 13.2. The number of aromatic nitrogens is 2. The molecule has 0 unspecified atom stereocenters. The number of nitrogens with one attached hydrogen (secondary N) is 2. The van der Waals surface area contributed by atoms with Crippen LogP contribution in [-0.2, 0) is 6.42 Å². The molecule has 1 heterocycles. The molecule has 0 saturated heterocycles. The summed E-state index contributed by atoms with van der Waals surface area (Å²) in [5.74, 6) is 1.92. The third-order valence-corrected chi connectivity index (χ3v) is 5.05. The maximum absolute atomic E-state index is 9.34. The molecule has 0 amide bonds. The van der Waals surface area contributed by atoms with Gasteiger partial charge in [0.1, 0.15) is 17.5 Å². The number of hydrogen-bond donors (Lipinski definition) is 2. The Labute approximate surface area is 160 Å². The molecule has 1 aromatic carbocycles. The first-order valence-electron chi connectivity index (χ1n) is 9.44. The zero-order valence-electron chi connectivity index (χ0n) is 15.6. The lowest BCUT2D eigenvalue weighted by atomic mass is 9.87. The molecule has 6 heteroatoms. The van der Waals surface area contributed by atoms with Crippen LogP contribution in [0.15, 0.2) is 30.5 Å². The van der Waals surface area contributed by atoms with Crippen LogP contribution in [0.3, 0.4) is 0 Å². The van der Waals surface area contributed by atoms with Crippen molar-refractivity contribution in [3.8, 4) is 12.1 Å². The van der Waals surface area contributed by atoms with E-state index < -0.39 is 0 Å². The minimum Gasteiger partial charge on any atom is -0.366 e. The standard InChI is InChI=1S/C21H24N6/c1-15-2-8-19(9-3-15)26-20-18(13-23)14-25-21(27-20)24-11-10-16-4-6-17(12-22)7-5-16/h4-7,14-15,19H,2-3,8-11H2,1H3,(H2,24,25,26,27). The van der Waals surface area contributed by atoms with Gasteiger partial charge in [-0.05, 0) is 55.7 Å². The SMILES string of the molecule is CC1CCC(Nc2nc(NCCc3ccc(C#N)cc3)ncc2C#N)CC1. The Hall–Kier alpha value is -3.12. The molecule has 1 aliphatic rings. The average molecular weight is 360 g/mol. The quantitative estimate of drug-likeness (QED) is 0.812. The van der Waals surface area contributed by atoms with E-state index in [-0.39, 0.29) is 0 Å². The Kier molecular flexibility index (Phi) is 6.22. The highest BCUT2D eigenvalue weighted by atomic mass is 15.1. The summed E-state index contributed by atoms with van der Waals surface area (Å²) in [6.45, 7) is 2.97. The van der Waals surface area contributed by atoms with Crippen molar-refractivity contribution in [2.75, 3.05) is 17.2 Å². The van der Waals surface area contributed by atoms with Gasteiger partial charge in [-0.3, -0.25) is 0 Å². The van der Waals surface area contributed by atoms with E-state index in [1.165, 1.54) is 12.8 Å². The molecular formula is C21H24N6. The number of hydrogen-bond acceptors (Lipinski definition) is 6. The first-order valence-corrected chi connectivity index (χ1v) is 9.44. The van der Waals surface area contributed by atoms with E-state index >= 15 is 0 Å². The van der Waals surface area contributed by atoms with Gasteiger partial charge in [-0.15, -0.1) is 0 Å². The predicted molar refractivity (Wildman–Crippen MR) is 105 cm³/mol. The third-order valence-electron chi connectivity index (χ3n) is 5.05. The third kappa shape index (κ3) is 5.18. The van der Waals surface area contributed by atoms with Gasteiger partial charge in [0.15, 0.2) is 0 Å². The molecule has 1 fully saturated rings.